The van der Waals surface area contributed by atoms with E-state index in [1.54, 1.807) is 0 Å². The average Bonchev–Trinajstić information content (AvgIpc) is 2.52. The Morgan fingerprint density at radius 3 is 2.73 bits per heavy atom. The summed E-state index contributed by atoms with van der Waals surface area (Å²) in [6.45, 7) is -0.356. The molecule has 0 aliphatic rings. The summed E-state index contributed by atoms with van der Waals surface area (Å²) >= 11 is 0. The fourth-order valence-corrected chi connectivity index (χ4v) is 0.988. The van der Waals surface area contributed by atoms with E-state index in [0.717, 1.165) is 16.9 Å². The molecule has 0 aliphatic heterocycles. The van der Waals surface area contributed by atoms with Crippen LogP contribution in [0.15, 0.2) is 12.3 Å². The summed E-state index contributed by atoms with van der Waals surface area (Å²) in [6.07, 6.45) is -3.37. The van der Waals surface area contributed by atoms with E-state index in [0.29, 0.717) is 0 Å². The molecule has 0 bridgehead atoms. The fourth-order valence-electron chi connectivity index (χ4n) is 0.988. The maximum Gasteiger partial charge on any atom is 0.435 e. The molecule has 4 nitrogen and oxygen atoms in total. The van der Waals surface area contributed by atoms with E-state index < -0.39 is 11.9 Å². The topological polar surface area (TPSA) is 44.1 Å². The SMILES string of the molecule is COCC(=O)Cn1ccc(C(F)(F)F)n1. The molecule has 0 saturated heterocycles. The highest BCUT2D eigenvalue weighted by atomic mass is 19.4. The molecule has 0 atom stereocenters. The molecule has 7 heteroatoms. The van der Waals surface area contributed by atoms with Gasteiger partial charge in [0.05, 0.1) is 0 Å². The zero-order chi connectivity index (χ0) is 11.5. The second-order valence-corrected chi connectivity index (χ2v) is 2.87. The van der Waals surface area contributed by atoms with Gasteiger partial charge in [-0.3, -0.25) is 9.48 Å². The van der Waals surface area contributed by atoms with E-state index in [1.165, 1.54) is 7.11 Å². The number of rotatable bonds is 4. The van der Waals surface area contributed by atoms with Gasteiger partial charge in [0, 0.05) is 13.3 Å². The zero-order valence-electron chi connectivity index (χ0n) is 7.91. The van der Waals surface area contributed by atoms with E-state index in [-0.39, 0.29) is 18.9 Å². The van der Waals surface area contributed by atoms with Crippen molar-refractivity contribution in [3.05, 3.63) is 18.0 Å². The minimum Gasteiger partial charge on any atom is -0.377 e. The molecule has 0 N–H and O–H groups in total. The first-order valence-electron chi connectivity index (χ1n) is 4.05. The average molecular weight is 222 g/mol. The molecule has 0 fully saturated rings. The van der Waals surface area contributed by atoms with E-state index in [9.17, 15) is 18.0 Å². The number of nitrogens with zero attached hydrogens (tertiary/aromatic N) is 2. The Hall–Kier alpha value is -1.37. The van der Waals surface area contributed by atoms with Gasteiger partial charge in [0.2, 0.25) is 0 Å². The fraction of sp³-hybridized carbons (Fsp3) is 0.500. The van der Waals surface area contributed by atoms with Crippen LogP contribution in [0.5, 0.6) is 0 Å². The number of Topliss-reactive ketones (excluding diaryl/α,β-unsaturated/α-hetero) is 1. The van der Waals surface area contributed by atoms with Crippen molar-refractivity contribution in [3.63, 3.8) is 0 Å². The van der Waals surface area contributed by atoms with E-state index in [1.807, 2.05) is 0 Å². The van der Waals surface area contributed by atoms with Crippen molar-refractivity contribution in [2.75, 3.05) is 13.7 Å². The van der Waals surface area contributed by atoms with E-state index in [2.05, 4.69) is 9.84 Å². The second kappa shape index (κ2) is 4.43. The summed E-state index contributed by atoms with van der Waals surface area (Å²) in [5.41, 5.74) is -1.01. The predicted octanol–water partition coefficient (Wildman–Crippen LogP) is 1.12. The lowest BCUT2D eigenvalue weighted by Crippen LogP contribution is -2.16. The molecule has 0 unspecified atom stereocenters. The number of ether oxygens (including phenoxy) is 1. The third-order valence-electron chi connectivity index (χ3n) is 1.57. The highest BCUT2D eigenvalue weighted by Crippen LogP contribution is 2.27. The van der Waals surface area contributed by atoms with Gasteiger partial charge in [-0.15, -0.1) is 0 Å². The van der Waals surface area contributed by atoms with Crippen LogP contribution in [-0.4, -0.2) is 29.3 Å². The summed E-state index contributed by atoms with van der Waals surface area (Å²) < 4.78 is 41.8. The summed E-state index contributed by atoms with van der Waals surface area (Å²) in [4.78, 5) is 11.0. The number of halogens is 3. The number of hydrogen-bond acceptors (Lipinski definition) is 3. The predicted molar refractivity (Wildman–Crippen MR) is 44.1 cm³/mol. The van der Waals surface area contributed by atoms with E-state index in [4.69, 9.17) is 0 Å². The zero-order valence-corrected chi connectivity index (χ0v) is 7.91. The monoisotopic (exact) mass is 222 g/mol. The first-order chi connectivity index (χ1) is 6.93. The van der Waals surface area contributed by atoms with Crippen molar-refractivity contribution in [2.45, 2.75) is 12.7 Å². The molecule has 15 heavy (non-hydrogen) atoms. The highest BCUT2D eigenvalue weighted by molar-refractivity contribution is 5.79. The third-order valence-corrected chi connectivity index (χ3v) is 1.57. The number of methoxy groups -OCH3 is 1. The number of carbonyl (C=O) groups excluding carboxylic acids is 1. The first-order valence-corrected chi connectivity index (χ1v) is 4.05. The molecule has 1 aromatic rings. The van der Waals surface area contributed by atoms with Crippen molar-refractivity contribution in [2.24, 2.45) is 0 Å². The van der Waals surface area contributed by atoms with Crippen molar-refractivity contribution in [1.29, 1.82) is 0 Å². The standard InChI is InChI=1S/C8H9F3N2O2/c1-15-5-6(14)4-13-3-2-7(12-13)8(9,10)11/h2-3H,4-5H2,1H3. The molecule has 0 aromatic carbocycles. The Bertz CT molecular complexity index is 346. The van der Waals surface area contributed by atoms with Crippen molar-refractivity contribution in [1.82, 2.24) is 9.78 Å². The van der Waals surface area contributed by atoms with Crippen molar-refractivity contribution >= 4 is 5.78 Å². The molecule has 0 aliphatic carbocycles. The van der Waals surface area contributed by atoms with Gasteiger partial charge in [-0.25, -0.2) is 0 Å². The van der Waals surface area contributed by atoms with Gasteiger partial charge >= 0.3 is 6.18 Å². The van der Waals surface area contributed by atoms with Crippen LogP contribution < -0.4 is 0 Å². The first kappa shape index (κ1) is 11.7. The highest BCUT2D eigenvalue weighted by Gasteiger charge is 2.33. The minimum atomic E-state index is -4.48. The third kappa shape index (κ3) is 3.35. The Kier molecular flexibility index (Phi) is 3.46. The summed E-state index contributed by atoms with van der Waals surface area (Å²) in [7, 11) is 1.34. The summed E-state index contributed by atoms with van der Waals surface area (Å²) in [5, 5.41) is 3.22. The molecule has 0 radical (unpaired) electrons. The molecular weight excluding hydrogens is 213 g/mol. The van der Waals surface area contributed by atoms with Crippen LogP contribution in [0.1, 0.15) is 5.69 Å². The number of aromatic nitrogens is 2. The number of hydrogen-bond donors (Lipinski definition) is 0. The minimum absolute atomic E-state index is 0.138. The van der Waals surface area contributed by atoms with Gasteiger partial charge in [-0.2, -0.15) is 18.3 Å². The largest absolute Gasteiger partial charge is 0.435 e. The number of ketones is 1. The normalized spacial score (nSPS) is 11.7. The van der Waals surface area contributed by atoms with Crippen LogP contribution in [0.4, 0.5) is 13.2 Å². The molecular formula is C8H9F3N2O2. The lowest BCUT2D eigenvalue weighted by molar-refractivity contribution is -0.141. The Morgan fingerprint density at radius 2 is 2.27 bits per heavy atom. The van der Waals surface area contributed by atoms with E-state index >= 15 is 0 Å². The molecule has 84 valence electrons. The van der Waals surface area contributed by atoms with Crippen LogP contribution >= 0.6 is 0 Å². The smallest absolute Gasteiger partial charge is 0.377 e. The van der Waals surface area contributed by atoms with Gasteiger partial charge in [-0.05, 0) is 6.07 Å². The molecule has 1 heterocycles. The second-order valence-electron chi connectivity index (χ2n) is 2.87. The van der Waals surface area contributed by atoms with Crippen LogP contribution in [-0.2, 0) is 22.3 Å². The van der Waals surface area contributed by atoms with Gasteiger partial charge in [-0.1, -0.05) is 0 Å². The number of carbonyl (C=O) groups is 1. The summed E-state index contributed by atoms with van der Waals surface area (Å²) in [5.74, 6) is -0.339. The van der Waals surface area contributed by atoms with Gasteiger partial charge in [0.25, 0.3) is 0 Å². The number of alkyl halides is 3. The molecule has 1 aromatic heterocycles. The molecule has 0 amide bonds. The van der Waals surface area contributed by atoms with Crippen LogP contribution in [0.2, 0.25) is 0 Å². The van der Waals surface area contributed by atoms with Crippen LogP contribution in [0.25, 0.3) is 0 Å². The van der Waals surface area contributed by atoms with Crippen molar-refractivity contribution in [3.8, 4) is 0 Å². The quantitative estimate of drug-likeness (QED) is 0.766. The van der Waals surface area contributed by atoms with Crippen LogP contribution in [0.3, 0.4) is 0 Å². The maximum atomic E-state index is 12.1. The van der Waals surface area contributed by atoms with Crippen LogP contribution in [0, 0.1) is 0 Å². The van der Waals surface area contributed by atoms with Gasteiger partial charge < -0.3 is 4.74 Å². The maximum absolute atomic E-state index is 12.1. The lowest BCUT2D eigenvalue weighted by atomic mass is 10.4. The van der Waals surface area contributed by atoms with Crippen molar-refractivity contribution < 1.29 is 22.7 Å². The molecule has 0 saturated carbocycles. The lowest BCUT2D eigenvalue weighted by Gasteiger charge is -2.02. The van der Waals surface area contributed by atoms with Gasteiger partial charge in [0.15, 0.2) is 11.5 Å². The Balaban J connectivity index is 2.65. The molecule has 1 rings (SSSR count). The summed E-state index contributed by atoms with van der Waals surface area (Å²) in [6, 6.07) is 0.820. The molecule has 0 spiro atoms. The Morgan fingerprint density at radius 1 is 1.60 bits per heavy atom. The van der Waals surface area contributed by atoms with Gasteiger partial charge in [0.1, 0.15) is 13.2 Å². The Labute approximate surface area is 83.6 Å².